The highest BCUT2D eigenvalue weighted by atomic mass is 32.2. The van der Waals surface area contributed by atoms with E-state index < -0.39 is 10.0 Å². The molecule has 9 heteroatoms. The Morgan fingerprint density at radius 3 is 2.36 bits per heavy atom. The Morgan fingerprint density at radius 1 is 0.879 bits per heavy atom. The van der Waals surface area contributed by atoms with Gasteiger partial charge < -0.3 is 9.64 Å². The van der Waals surface area contributed by atoms with Crippen LogP contribution in [0.5, 0.6) is 5.75 Å². The summed E-state index contributed by atoms with van der Waals surface area (Å²) in [6, 6.07) is 19.8. The molecule has 5 rings (SSSR count). The summed E-state index contributed by atoms with van der Waals surface area (Å²) >= 11 is 0. The Kier molecular flexibility index (Phi) is 5.51. The number of ether oxygens (including phenoxy) is 1. The third-order valence-corrected chi connectivity index (χ3v) is 7.95. The molecule has 170 valence electrons. The number of carbonyl (C=O) groups is 2. The first-order chi connectivity index (χ1) is 15.9. The largest absolute Gasteiger partial charge is 0.482 e. The summed E-state index contributed by atoms with van der Waals surface area (Å²) in [5.74, 6) is 0.0681. The molecule has 3 aromatic carbocycles. The van der Waals surface area contributed by atoms with E-state index in [1.807, 2.05) is 30.3 Å². The fourth-order valence-corrected chi connectivity index (χ4v) is 5.68. The van der Waals surface area contributed by atoms with Crippen molar-refractivity contribution in [1.29, 1.82) is 0 Å². The van der Waals surface area contributed by atoms with Gasteiger partial charge >= 0.3 is 0 Å². The minimum Gasteiger partial charge on any atom is -0.482 e. The molecule has 2 aliphatic rings. The first-order valence-electron chi connectivity index (χ1n) is 10.7. The average Bonchev–Trinajstić information content (AvgIpc) is 2.85. The standard InChI is InChI=1S/C24H23N3O5S/c28-23(16-27-21-7-3-4-8-22(21)32-17-24(27)29)25-11-13-26(14-12-25)33(30,31)20-10-9-18-5-1-2-6-19(18)15-20/h1-10,15H,11-14,16-17H2. The van der Waals surface area contributed by atoms with E-state index in [9.17, 15) is 18.0 Å². The van der Waals surface area contributed by atoms with E-state index in [4.69, 9.17) is 4.74 Å². The zero-order valence-electron chi connectivity index (χ0n) is 17.9. The highest BCUT2D eigenvalue weighted by Gasteiger charge is 2.33. The van der Waals surface area contributed by atoms with Gasteiger partial charge in [-0.1, -0.05) is 42.5 Å². The van der Waals surface area contributed by atoms with E-state index in [1.54, 1.807) is 41.3 Å². The molecular weight excluding hydrogens is 442 g/mol. The summed E-state index contributed by atoms with van der Waals surface area (Å²) in [4.78, 5) is 28.6. The van der Waals surface area contributed by atoms with E-state index in [0.29, 0.717) is 11.4 Å². The molecule has 0 spiro atoms. The van der Waals surface area contributed by atoms with Gasteiger partial charge in [0.05, 0.1) is 10.6 Å². The molecule has 0 bridgehead atoms. The molecule has 33 heavy (non-hydrogen) atoms. The molecule has 1 saturated heterocycles. The van der Waals surface area contributed by atoms with Crippen LogP contribution in [0, 0.1) is 0 Å². The normalized spacial score (nSPS) is 17.0. The second kappa shape index (κ2) is 8.49. The topological polar surface area (TPSA) is 87.2 Å². The van der Waals surface area contributed by atoms with Crippen LogP contribution in [0.4, 0.5) is 5.69 Å². The number of carbonyl (C=O) groups excluding carboxylic acids is 2. The van der Waals surface area contributed by atoms with E-state index in [-0.39, 0.29) is 56.0 Å². The van der Waals surface area contributed by atoms with E-state index in [0.717, 1.165) is 10.8 Å². The van der Waals surface area contributed by atoms with Crippen molar-refractivity contribution >= 4 is 38.3 Å². The van der Waals surface area contributed by atoms with Gasteiger partial charge in [0.15, 0.2) is 6.61 Å². The third-order valence-electron chi connectivity index (χ3n) is 6.05. The van der Waals surface area contributed by atoms with Crippen LogP contribution >= 0.6 is 0 Å². The van der Waals surface area contributed by atoms with Crippen LogP contribution in [0.25, 0.3) is 10.8 Å². The molecular formula is C24H23N3O5S. The van der Waals surface area contributed by atoms with Crippen molar-refractivity contribution in [3.05, 3.63) is 66.7 Å². The first-order valence-corrected chi connectivity index (χ1v) is 12.2. The Labute approximate surface area is 192 Å². The molecule has 2 aliphatic heterocycles. The monoisotopic (exact) mass is 465 g/mol. The number of amides is 2. The van der Waals surface area contributed by atoms with Crippen molar-refractivity contribution in [3.8, 4) is 5.75 Å². The fraction of sp³-hybridized carbons (Fsp3) is 0.250. The van der Waals surface area contributed by atoms with Crippen LogP contribution in [0.1, 0.15) is 0 Å². The van der Waals surface area contributed by atoms with Gasteiger partial charge in [0.25, 0.3) is 5.91 Å². The molecule has 0 aliphatic carbocycles. The molecule has 0 aromatic heterocycles. The SMILES string of the molecule is O=C(CN1C(=O)COc2ccccc21)N1CCN(S(=O)(=O)c2ccc3ccccc3c2)CC1. The lowest BCUT2D eigenvalue weighted by molar-refractivity contribution is -0.133. The molecule has 2 heterocycles. The minimum absolute atomic E-state index is 0.101. The second-order valence-corrected chi connectivity index (χ2v) is 9.97. The molecule has 0 unspecified atom stereocenters. The molecule has 1 fully saturated rings. The first kappa shape index (κ1) is 21.4. The highest BCUT2D eigenvalue weighted by molar-refractivity contribution is 7.89. The predicted octanol–water partition coefficient (Wildman–Crippen LogP) is 2.10. The number of anilines is 1. The van der Waals surface area contributed by atoms with Crippen LogP contribution in [0.15, 0.2) is 71.6 Å². The van der Waals surface area contributed by atoms with E-state index in [1.165, 1.54) is 9.21 Å². The molecule has 3 aromatic rings. The maximum atomic E-state index is 13.2. The Hall–Kier alpha value is -3.43. The number of piperazine rings is 1. The van der Waals surface area contributed by atoms with Crippen molar-refractivity contribution in [2.24, 2.45) is 0 Å². The van der Waals surface area contributed by atoms with Gasteiger partial charge in [0, 0.05) is 26.2 Å². The van der Waals surface area contributed by atoms with Crippen molar-refractivity contribution in [1.82, 2.24) is 9.21 Å². The van der Waals surface area contributed by atoms with Gasteiger partial charge in [-0.15, -0.1) is 0 Å². The predicted molar refractivity (Wildman–Crippen MR) is 124 cm³/mol. The van der Waals surface area contributed by atoms with Gasteiger partial charge in [0.1, 0.15) is 12.3 Å². The molecule has 0 radical (unpaired) electrons. The number of hydrogen-bond donors (Lipinski definition) is 0. The van der Waals surface area contributed by atoms with Gasteiger partial charge in [-0.2, -0.15) is 4.31 Å². The number of rotatable bonds is 4. The van der Waals surface area contributed by atoms with Crippen molar-refractivity contribution in [2.45, 2.75) is 4.90 Å². The number of nitrogens with zero attached hydrogens (tertiary/aromatic N) is 3. The molecule has 2 amide bonds. The highest BCUT2D eigenvalue weighted by Crippen LogP contribution is 2.31. The number of para-hydroxylation sites is 2. The maximum absolute atomic E-state index is 13.2. The van der Waals surface area contributed by atoms with Crippen molar-refractivity contribution in [3.63, 3.8) is 0 Å². The summed E-state index contributed by atoms with van der Waals surface area (Å²) < 4.78 is 33.2. The smallest absolute Gasteiger partial charge is 0.265 e. The summed E-state index contributed by atoms with van der Waals surface area (Å²) in [6.45, 7) is 0.736. The minimum atomic E-state index is -3.66. The van der Waals surface area contributed by atoms with Crippen LogP contribution in [0.2, 0.25) is 0 Å². The van der Waals surface area contributed by atoms with Gasteiger partial charge in [-0.05, 0) is 35.0 Å². The maximum Gasteiger partial charge on any atom is 0.265 e. The zero-order valence-corrected chi connectivity index (χ0v) is 18.7. The molecule has 0 atom stereocenters. The number of hydrogen-bond acceptors (Lipinski definition) is 5. The zero-order chi connectivity index (χ0) is 23.0. The van der Waals surface area contributed by atoms with E-state index in [2.05, 4.69) is 0 Å². The van der Waals surface area contributed by atoms with Crippen LogP contribution in [0.3, 0.4) is 0 Å². The Balaban J connectivity index is 1.26. The molecule has 0 saturated carbocycles. The molecule has 8 nitrogen and oxygen atoms in total. The van der Waals surface area contributed by atoms with Crippen molar-refractivity contribution in [2.75, 3.05) is 44.2 Å². The summed E-state index contributed by atoms with van der Waals surface area (Å²) in [6.07, 6.45) is 0. The average molecular weight is 466 g/mol. The Morgan fingerprint density at radius 2 is 1.58 bits per heavy atom. The van der Waals surface area contributed by atoms with Gasteiger partial charge in [0.2, 0.25) is 15.9 Å². The van der Waals surface area contributed by atoms with Crippen LogP contribution in [-0.2, 0) is 19.6 Å². The lowest BCUT2D eigenvalue weighted by atomic mass is 10.1. The Bertz CT molecular complexity index is 1330. The van der Waals surface area contributed by atoms with Crippen molar-refractivity contribution < 1.29 is 22.7 Å². The van der Waals surface area contributed by atoms with Gasteiger partial charge in [-0.25, -0.2) is 8.42 Å². The summed E-state index contributed by atoms with van der Waals surface area (Å²) in [7, 11) is -3.66. The van der Waals surface area contributed by atoms with E-state index >= 15 is 0 Å². The van der Waals surface area contributed by atoms with Gasteiger partial charge in [-0.3, -0.25) is 14.5 Å². The number of sulfonamides is 1. The quantitative estimate of drug-likeness (QED) is 0.589. The lowest BCUT2D eigenvalue weighted by Gasteiger charge is -2.36. The fourth-order valence-electron chi connectivity index (χ4n) is 4.22. The molecule has 0 N–H and O–H groups in total. The number of fused-ring (bicyclic) bond motifs is 2. The third kappa shape index (κ3) is 4.05. The second-order valence-electron chi connectivity index (χ2n) is 8.03. The van der Waals surface area contributed by atoms with Crippen LogP contribution < -0.4 is 9.64 Å². The van der Waals surface area contributed by atoms with Crippen LogP contribution in [-0.4, -0.2) is 68.8 Å². The number of benzene rings is 3. The lowest BCUT2D eigenvalue weighted by Crippen LogP contribution is -2.53. The summed E-state index contributed by atoms with van der Waals surface area (Å²) in [5.41, 5.74) is 0.569. The summed E-state index contributed by atoms with van der Waals surface area (Å²) in [5, 5.41) is 1.84.